The second-order valence-electron chi connectivity index (χ2n) is 22.4. The molecule has 0 aromatic heterocycles. The van der Waals surface area contributed by atoms with Crippen molar-refractivity contribution in [2.24, 2.45) is 0 Å². The van der Waals surface area contributed by atoms with Crippen LogP contribution in [-0.4, -0.2) is 47.4 Å². The number of ether oxygens (including phenoxy) is 1. The summed E-state index contributed by atoms with van der Waals surface area (Å²) in [5.74, 6) is -0.0788. The summed E-state index contributed by atoms with van der Waals surface area (Å²) in [6.45, 7) is 4.88. The van der Waals surface area contributed by atoms with E-state index in [4.69, 9.17) is 4.74 Å². The fraction of sp³-hybridized carbons (Fsp3) is 0.881. The Morgan fingerprint density at radius 1 is 0.370 bits per heavy atom. The van der Waals surface area contributed by atoms with Crippen LogP contribution >= 0.6 is 0 Å². The smallest absolute Gasteiger partial charge is 0.305 e. The molecular formula is C67H127NO5. The molecule has 0 spiro atoms. The molecule has 0 aromatic carbocycles. The van der Waals surface area contributed by atoms with Crippen molar-refractivity contribution in [1.82, 2.24) is 5.32 Å². The van der Waals surface area contributed by atoms with E-state index >= 15 is 0 Å². The number of carbonyl (C=O) groups excluding carboxylic acids is 2. The molecule has 0 radical (unpaired) electrons. The maximum absolute atomic E-state index is 12.5. The Morgan fingerprint density at radius 2 is 0.658 bits per heavy atom. The summed E-state index contributed by atoms with van der Waals surface area (Å²) in [6.07, 6.45) is 79.1. The van der Waals surface area contributed by atoms with Crippen molar-refractivity contribution >= 4 is 11.9 Å². The molecule has 0 saturated heterocycles. The largest absolute Gasteiger partial charge is 0.466 e. The first kappa shape index (κ1) is 71.1. The van der Waals surface area contributed by atoms with Gasteiger partial charge in [0.1, 0.15) is 0 Å². The fourth-order valence-electron chi connectivity index (χ4n) is 10.1. The van der Waals surface area contributed by atoms with Gasteiger partial charge < -0.3 is 20.3 Å². The lowest BCUT2D eigenvalue weighted by Crippen LogP contribution is -2.45. The predicted octanol–water partition coefficient (Wildman–Crippen LogP) is 20.8. The third kappa shape index (κ3) is 59.2. The van der Waals surface area contributed by atoms with Crippen LogP contribution in [0, 0.1) is 0 Å². The maximum atomic E-state index is 12.5. The molecule has 0 bridgehead atoms. The van der Waals surface area contributed by atoms with Crippen LogP contribution in [0.15, 0.2) is 36.5 Å². The molecule has 0 aliphatic heterocycles. The van der Waals surface area contributed by atoms with Gasteiger partial charge in [0.25, 0.3) is 0 Å². The van der Waals surface area contributed by atoms with Gasteiger partial charge in [0.2, 0.25) is 5.91 Å². The first-order valence-electron chi connectivity index (χ1n) is 32.8. The molecule has 0 fully saturated rings. The molecule has 2 unspecified atom stereocenters. The van der Waals surface area contributed by atoms with Gasteiger partial charge in [-0.3, -0.25) is 9.59 Å². The number of hydrogen-bond acceptors (Lipinski definition) is 5. The van der Waals surface area contributed by atoms with Crippen LogP contribution in [0.25, 0.3) is 0 Å². The van der Waals surface area contributed by atoms with Crippen molar-refractivity contribution in [2.75, 3.05) is 13.2 Å². The van der Waals surface area contributed by atoms with Gasteiger partial charge >= 0.3 is 5.97 Å². The topological polar surface area (TPSA) is 95.9 Å². The van der Waals surface area contributed by atoms with E-state index < -0.39 is 12.1 Å². The number of hydrogen-bond donors (Lipinski definition) is 3. The first-order valence-corrected chi connectivity index (χ1v) is 32.8. The minimum Gasteiger partial charge on any atom is -0.466 e. The molecule has 6 nitrogen and oxygen atoms in total. The van der Waals surface area contributed by atoms with E-state index in [-0.39, 0.29) is 18.5 Å². The standard InChI is InChI=1S/C67H127NO5/c1-3-5-7-9-11-13-15-16-17-18-19-20-21-22-23-24-27-30-33-36-40-43-47-51-55-59-65(70)64(63-69)68-66(71)60-56-52-48-44-41-37-34-31-28-25-26-29-32-35-38-42-46-50-54-58-62-73-67(72)61-57-53-49-45-39-14-12-10-8-6-4-2/h10,12,25,28,55,59,64-65,69-70H,3-9,11,13-24,26-27,29-54,56-58,60-63H2,1-2H3,(H,68,71)/b12-10-,28-25-,59-55+. The number of carbonyl (C=O) groups is 2. The molecule has 0 saturated carbocycles. The molecule has 0 rings (SSSR count). The van der Waals surface area contributed by atoms with Crippen molar-refractivity contribution in [3.63, 3.8) is 0 Å². The molecule has 0 aliphatic rings. The predicted molar refractivity (Wildman–Crippen MR) is 319 cm³/mol. The van der Waals surface area contributed by atoms with Crippen molar-refractivity contribution in [1.29, 1.82) is 0 Å². The van der Waals surface area contributed by atoms with Gasteiger partial charge in [-0.25, -0.2) is 0 Å². The summed E-state index contributed by atoms with van der Waals surface area (Å²) >= 11 is 0. The molecule has 0 aliphatic carbocycles. The first-order chi connectivity index (χ1) is 36.0. The minimum absolute atomic E-state index is 0.00528. The van der Waals surface area contributed by atoms with Gasteiger partial charge in [0.05, 0.1) is 25.4 Å². The fourth-order valence-corrected chi connectivity index (χ4v) is 10.1. The maximum Gasteiger partial charge on any atom is 0.305 e. The number of aliphatic hydroxyl groups is 2. The third-order valence-corrected chi connectivity index (χ3v) is 15.1. The molecule has 430 valence electrons. The van der Waals surface area contributed by atoms with Crippen LogP contribution in [0.4, 0.5) is 0 Å². The minimum atomic E-state index is -0.852. The van der Waals surface area contributed by atoms with E-state index in [9.17, 15) is 19.8 Å². The Morgan fingerprint density at radius 3 is 1.01 bits per heavy atom. The molecule has 1 amide bonds. The highest BCUT2D eigenvalue weighted by Crippen LogP contribution is 2.18. The average molecular weight is 1030 g/mol. The van der Waals surface area contributed by atoms with Crippen molar-refractivity contribution in [2.45, 2.75) is 366 Å². The number of unbranched alkanes of at least 4 members (excludes halogenated alkanes) is 46. The van der Waals surface area contributed by atoms with Crippen LogP contribution in [0.2, 0.25) is 0 Å². The number of aliphatic hydroxyl groups excluding tert-OH is 2. The highest BCUT2D eigenvalue weighted by Gasteiger charge is 2.18. The summed E-state index contributed by atoms with van der Waals surface area (Å²) in [6, 6.07) is -0.636. The van der Waals surface area contributed by atoms with Gasteiger partial charge in [-0.15, -0.1) is 0 Å². The monoisotopic (exact) mass is 1030 g/mol. The van der Waals surface area contributed by atoms with Crippen LogP contribution in [0.5, 0.6) is 0 Å². The lowest BCUT2D eigenvalue weighted by atomic mass is 10.0. The van der Waals surface area contributed by atoms with Crippen LogP contribution in [0.3, 0.4) is 0 Å². The summed E-state index contributed by atoms with van der Waals surface area (Å²) < 4.78 is 5.45. The van der Waals surface area contributed by atoms with E-state index in [1.54, 1.807) is 6.08 Å². The van der Waals surface area contributed by atoms with Crippen molar-refractivity contribution in [3.05, 3.63) is 36.5 Å². The molecule has 3 N–H and O–H groups in total. The quantitative estimate of drug-likeness (QED) is 0.0320. The van der Waals surface area contributed by atoms with E-state index in [0.29, 0.717) is 19.4 Å². The zero-order valence-corrected chi connectivity index (χ0v) is 49.1. The summed E-state index contributed by atoms with van der Waals surface area (Å²) in [5.41, 5.74) is 0. The zero-order chi connectivity index (χ0) is 52.9. The summed E-state index contributed by atoms with van der Waals surface area (Å²) in [7, 11) is 0. The number of amides is 1. The van der Waals surface area contributed by atoms with Crippen LogP contribution in [0.1, 0.15) is 354 Å². The molecule has 6 heteroatoms. The van der Waals surface area contributed by atoms with Gasteiger partial charge in [-0.2, -0.15) is 0 Å². The summed E-state index contributed by atoms with van der Waals surface area (Å²) in [5, 5.41) is 23.2. The molecule has 0 aromatic rings. The normalized spacial score (nSPS) is 12.8. The Kier molecular flexibility index (Phi) is 61.0. The Balaban J connectivity index is 3.47. The third-order valence-electron chi connectivity index (χ3n) is 15.1. The highest BCUT2D eigenvalue weighted by molar-refractivity contribution is 5.76. The summed E-state index contributed by atoms with van der Waals surface area (Å²) in [4.78, 5) is 24.5. The van der Waals surface area contributed by atoms with Gasteiger partial charge in [0, 0.05) is 12.8 Å². The van der Waals surface area contributed by atoms with E-state index in [1.165, 1.54) is 276 Å². The second kappa shape index (κ2) is 62.6. The average Bonchev–Trinajstić information content (AvgIpc) is 3.39. The SMILES string of the molecule is CCCC/C=C\CCCCCCCC(=O)OCCCCCCCCCCC/C=C\CCCCCCCCCC(=O)NC(CO)C(O)/C=C/CCCCCCCCCCCCCCCCCCCCCCCCC. The molecule has 73 heavy (non-hydrogen) atoms. The Bertz CT molecular complexity index is 1180. The lowest BCUT2D eigenvalue weighted by molar-refractivity contribution is -0.143. The van der Waals surface area contributed by atoms with E-state index in [2.05, 4.69) is 43.5 Å². The number of nitrogens with one attached hydrogen (secondary N) is 1. The molecule has 2 atom stereocenters. The lowest BCUT2D eigenvalue weighted by Gasteiger charge is -2.20. The van der Waals surface area contributed by atoms with Gasteiger partial charge in [-0.05, 0) is 77.0 Å². The Hall–Kier alpha value is -1.92. The number of allylic oxidation sites excluding steroid dienone is 5. The number of rotatable bonds is 61. The van der Waals surface area contributed by atoms with Gasteiger partial charge in [-0.1, -0.05) is 301 Å². The van der Waals surface area contributed by atoms with Gasteiger partial charge in [0.15, 0.2) is 0 Å². The van der Waals surface area contributed by atoms with E-state index in [0.717, 1.165) is 51.4 Å². The molecular weight excluding hydrogens is 899 g/mol. The van der Waals surface area contributed by atoms with Crippen LogP contribution < -0.4 is 5.32 Å². The van der Waals surface area contributed by atoms with Crippen LogP contribution in [-0.2, 0) is 14.3 Å². The molecule has 0 heterocycles. The zero-order valence-electron chi connectivity index (χ0n) is 49.1. The number of esters is 1. The van der Waals surface area contributed by atoms with E-state index in [1.807, 2.05) is 6.08 Å². The Labute approximate surface area is 455 Å². The van der Waals surface area contributed by atoms with Crippen molar-refractivity contribution < 1.29 is 24.5 Å². The van der Waals surface area contributed by atoms with Crippen molar-refractivity contribution in [3.8, 4) is 0 Å². The highest BCUT2D eigenvalue weighted by atomic mass is 16.5. The second-order valence-corrected chi connectivity index (χ2v) is 22.4.